The zero-order valence-corrected chi connectivity index (χ0v) is 16.0. The summed E-state index contributed by atoms with van der Waals surface area (Å²) in [6.45, 7) is 0. The number of ether oxygens (including phenoxy) is 1. The SMILES string of the molecule is COc1cc(C2SCC(=O)N2c2nc(Nc3ccccn3)cs2)ccc1O. The van der Waals surface area contributed by atoms with Crippen LogP contribution in [0.25, 0.3) is 0 Å². The maximum Gasteiger partial charge on any atom is 0.240 e. The van der Waals surface area contributed by atoms with Crippen LogP contribution in [-0.4, -0.2) is 33.8 Å². The smallest absolute Gasteiger partial charge is 0.240 e. The molecule has 1 aliphatic rings. The molecular weight excluding hydrogens is 384 g/mol. The van der Waals surface area contributed by atoms with Crippen molar-refractivity contribution in [1.29, 1.82) is 0 Å². The van der Waals surface area contributed by atoms with Crippen molar-refractivity contribution in [2.24, 2.45) is 0 Å². The molecule has 27 heavy (non-hydrogen) atoms. The Labute approximate surface area is 164 Å². The van der Waals surface area contributed by atoms with Crippen molar-refractivity contribution >= 4 is 45.8 Å². The van der Waals surface area contributed by atoms with Gasteiger partial charge in [0.15, 0.2) is 16.6 Å². The number of nitrogens with zero attached hydrogens (tertiary/aromatic N) is 3. The van der Waals surface area contributed by atoms with Gasteiger partial charge in [-0.2, -0.15) is 0 Å². The molecule has 3 aromatic rings. The Balaban J connectivity index is 1.61. The maximum atomic E-state index is 12.5. The Kier molecular flexibility index (Phi) is 4.87. The van der Waals surface area contributed by atoms with E-state index in [2.05, 4.69) is 15.3 Å². The fraction of sp³-hybridized carbons (Fsp3) is 0.167. The minimum Gasteiger partial charge on any atom is -0.504 e. The molecule has 9 heteroatoms. The second kappa shape index (κ2) is 7.45. The number of hydrogen-bond donors (Lipinski definition) is 2. The monoisotopic (exact) mass is 400 g/mol. The molecule has 1 saturated heterocycles. The van der Waals surface area contributed by atoms with E-state index in [1.807, 2.05) is 23.6 Å². The van der Waals surface area contributed by atoms with Gasteiger partial charge in [0.1, 0.15) is 17.0 Å². The second-order valence-corrected chi connectivity index (χ2v) is 7.62. The van der Waals surface area contributed by atoms with E-state index in [4.69, 9.17) is 4.74 Å². The van der Waals surface area contributed by atoms with E-state index in [1.165, 1.54) is 30.2 Å². The van der Waals surface area contributed by atoms with Gasteiger partial charge in [-0.1, -0.05) is 12.1 Å². The summed E-state index contributed by atoms with van der Waals surface area (Å²) < 4.78 is 5.19. The molecule has 1 aliphatic heterocycles. The summed E-state index contributed by atoms with van der Waals surface area (Å²) in [5.41, 5.74) is 0.870. The van der Waals surface area contributed by atoms with Crippen LogP contribution in [0.3, 0.4) is 0 Å². The van der Waals surface area contributed by atoms with Crippen molar-refractivity contribution in [2.45, 2.75) is 5.37 Å². The highest BCUT2D eigenvalue weighted by atomic mass is 32.2. The molecule has 0 aliphatic carbocycles. The molecule has 1 atom stereocenters. The van der Waals surface area contributed by atoms with Gasteiger partial charge in [0.05, 0.1) is 12.9 Å². The number of thiazole rings is 1. The van der Waals surface area contributed by atoms with Crippen LogP contribution in [0.15, 0.2) is 48.0 Å². The average Bonchev–Trinajstić information content (AvgIpc) is 3.29. The molecule has 7 nitrogen and oxygen atoms in total. The molecule has 3 heterocycles. The molecule has 1 amide bonds. The molecule has 0 bridgehead atoms. The number of aromatic nitrogens is 2. The molecule has 0 radical (unpaired) electrons. The summed E-state index contributed by atoms with van der Waals surface area (Å²) in [5.74, 6) is 2.14. The average molecular weight is 400 g/mol. The Bertz CT molecular complexity index is 964. The minimum atomic E-state index is -0.221. The highest BCUT2D eigenvalue weighted by molar-refractivity contribution is 8.00. The number of phenolic OH excluding ortho intramolecular Hbond substituents is 1. The lowest BCUT2D eigenvalue weighted by atomic mass is 10.2. The molecule has 2 N–H and O–H groups in total. The number of anilines is 3. The van der Waals surface area contributed by atoms with Crippen LogP contribution in [0.5, 0.6) is 11.5 Å². The predicted molar refractivity (Wildman–Crippen MR) is 107 cm³/mol. The first-order chi connectivity index (χ1) is 13.2. The first kappa shape index (κ1) is 17.6. The van der Waals surface area contributed by atoms with E-state index in [0.717, 1.165) is 5.56 Å². The summed E-state index contributed by atoms with van der Waals surface area (Å²) >= 11 is 2.91. The quantitative estimate of drug-likeness (QED) is 0.674. The van der Waals surface area contributed by atoms with Crippen molar-refractivity contribution in [1.82, 2.24) is 9.97 Å². The minimum absolute atomic E-state index is 0.00391. The summed E-state index contributed by atoms with van der Waals surface area (Å²) in [6, 6.07) is 10.7. The zero-order chi connectivity index (χ0) is 18.8. The van der Waals surface area contributed by atoms with E-state index in [9.17, 15) is 9.90 Å². The van der Waals surface area contributed by atoms with Gasteiger partial charge in [-0.05, 0) is 29.8 Å². The Morgan fingerprint density at radius 2 is 2.19 bits per heavy atom. The van der Waals surface area contributed by atoms with Crippen molar-refractivity contribution in [3.05, 3.63) is 53.5 Å². The van der Waals surface area contributed by atoms with Crippen LogP contribution in [0, 0.1) is 0 Å². The highest BCUT2D eigenvalue weighted by Crippen LogP contribution is 2.44. The fourth-order valence-electron chi connectivity index (χ4n) is 2.73. The molecule has 0 saturated carbocycles. The van der Waals surface area contributed by atoms with Gasteiger partial charge in [0.25, 0.3) is 0 Å². The number of carbonyl (C=O) groups excluding carboxylic acids is 1. The number of carbonyl (C=O) groups is 1. The Hall–Kier alpha value is -2.78. The van der Waals surface area contributed by atoms with Crippen LogP contribution < -0.4 is 15.0 Å². The van der Waals surface area contributed by atoms with Gasteiger partial charge < -0.3 is 15.2 Å². The van der Waals surface area contributed by atoms with Crippen LogP contribution in [-0.2, 0) is 4.79 Å². The Morgan fingerprint density at radius 3 is 2.96 bits per heavy atom. The zero-order valence-electron chi connectivity index (χ0n) is 14.3. The normalized spacial score (nSPS) is 16.6. The number of thioether (sulfide) groups is 1. The van der Waals surface area contributed by atoms with E-state index < -0.39 is 0 Å². The molecular formula is C18H16N4O3S2. The van der Waals surface area contributed by atoms with E-state index in [1.54, 1.807) is 29.3 Å². The number of amides is 1. The van der Waals surface area contributed by atoms with E-state index in [-0.39, 0.29) is 17.0 Å². The number of hydrogen-bond acceptors (Lipinski definition) is 8. The van der Waals surface area contributed by atoms with Crippen LogP contribution in [0.1, 0.15) is 10.9 Å². The van der Waals surface area contributed by atoms with Crippen LogP contribution in [0.2, 0.25) is 0 Å². The van der Waals surface area contributed by atoms with Gasteiger partial charge in [0, 0.05) is 11.6 Å². The second-order valence-electron chi connectivity index (χ2n) is 5.71. The van der Waals surface area contributed by atoms with Crippen LogP contribution >= 0.6 is 23.1 Å². The van der Waals surface area contributed by atoms with Gasteiger partial charge in [-0.15, -0.1) is 23.1 Å². The summed E-state index contributed by atoms with van der Waals surface area (Å²) in [5, 5.41) is 15.2. The molecule has 1 fully saturated rings. The number of benzene rings is 1. The third kappa shape index (κ3) is 3.56. The predicted octanol–water partition coefficient (Wildman–Crippen LogP) is 3.77. The van der Waals surface area contributed by atoms with Crippen molar-refractivity contribution in [3.8, 4) is 11.5 Å². The number of aromatic hydroxyl groups is 1. The third-order valence-corrected chi connectivity index (χ3v) is 6.03. The topological polar surface area (TPSA) is 87.6 Å². The molecule has 2 aromatic heterocycles. The first-order valence-corrected chi connectivity index (χ1v) is 10.0. The summed E-state index contributed by atoms with van der Waals surface area (Å²) in [7, 11) is 1.50. The molecule has 4 rings (SSSR count). The summed E-state index contributed by atoms with van der Waals surface area (Å²) in [6.07, 6.45) is 1.70. The number of phenols is 1. The first-order valence-electron chi connectivity index (χ1n) is 8.10. The molecule has 138 valence electrons. The number of nitrogens with one attached hydrogen (secondary N) is 1. The number of pyridine rings is 1. The lowest BCUT2D eigenvalue weighted by Crippen LogP contribution is -2.27. The van der Waals surface area contributed by atoms with Gasteiger partial charge >= 0.3 is 0 Å². The molecule has 1 unspecified atom stereocenters. The third-order valence-electron chi connectivity index (χ3n) is 3.98. The van der Waals surface area contributed by atoms with Crippen molar-refractivity contribution < 1.29 is 14.6 Å². The fourth-order valence-corrected chi connectivity index (χ4v) is 4.74. The lowest BCUT2D eigenvalue weighted by molar-refractivity contribution is -0.115. The largest absolute Gasteiger partial charge is 0.504 e. The molecule has 0 spiro atoms. The number of rotatable bonds is 5. The van der Waals surface area contributed by atoms with Crippen molar-refractivity contribution in [2.75, 3.05) is 23.1 Å². The highest BCUT2D eigenvalue weighted by Gasteiger charge is 2.36. The lowest BCUT2D eigenvalue weighted by Gasteiger charge is -2.22. The summed E-state index contributed by atoms with van der Waals surface area (Å²) in [4.78, 5) is 23.0. The maximum absolute atomic E-state index is 12.5. The van der Waals surface area contributed by atoms with Gasteiger partial charge in [0.2, 0.25) is 5.91 Å². The molecule has 1 aromatic carbocycles. The van der Waals surface area contributed by atoms with Gasteiger partial charge in [-0.3, -0.25) is 9.69 Å². The standard InChI is InChI=1S/C18H16N4O3S2/c1-25-13-8-11(5-6-12(13)23)17-22(16(24)10-26-17)18-21-15(9-27-18)20-14-4-2-3-7-19-14/h2-9,17,23H,10H2,1H3,(H,19,20). The Morgan fingerprint density at radius 1 is 1.30 bits per heavy atom. The van der Waals surface area contributed by atoms with Crippen LogP contribution in [0.4, 0.5) is 16.8 Å². The number of methoxy groups -OCH3 is 1. The van der Waals surface area contributed by atoms with Crippen molar-refractivity contribution in [3.63, 3.8) is 0 Å². The van der Waals surface area contributed by atoms with E-state index in [0.29, 0.717) is 28.3 Å². The van der Waals surface area contributed by atoms with E-state index >= 15 is 0 Å². The van der Waals surface area contributed by atoms with Gasteiger partial charge in [-0.25, -0.2) is 9.97 Å².